The van der Waals surface area contributed by atoms with E-state index in [0.29, 0.717) is 24.9 Å². The highest BCUT2D eigenvalue weighted by atomic mass is 127. The highest BCUT2D eigenvalue weighted by Crippen LogP contribution is 2.69. The van der Waals surface area contributed by atoms with Crippen LogP contribution in [0.5, 0.6) is 0 Å². The second kappa shape index (κ2) is 10.4. The molecule has 2 atom stereocenters. The Balaban J connectivity index is 2.53. The summed E-state index contributed by atoms with van der Waals surface area (Å²) in [4.78, 5) is 0. The van der Waals surface area contributed by atoms with Crippen molar-refractivity contribution in [1.82, 2.24) is 9.34 Å². The highest BCUT2D eigenvalue weighted by Gasteiger charge is 2.57. The Hall–Kier alpha value is 2.83. The first-order chi connectivity index (χ1) is 12.1. The molecule has 0 aromatic heterocycles. The molecule has 1 heterocycles. The van der Waals surface area contributed by atoms with E-state index in [0.717, 1.165) is 12.0 Å². The van der Waals surface area contributed by atoms with Gasteiger partial charge in [0.25, 0.3) is 0 Å². The van der Waals surface area contributed by atoms with Crippen molar-refractivity contribution in [3.05, 3.63) is 35.9 Å². The smallest absolute Gasteiger partial charge is 0.306 e. The van der Waals surface area contributed by atoms with Gasteiger partial charge < -0.3 is 4.52 Å². The average Bonchev–Trinajstić information content (AvgIpc) is 2.61. The van der Waals surface area contributed by atoms with Gasteiger partial charge in [0, 0.05) is 12.6 Å². The van der Waals surface area contributed by atoms with Crippen molar-refractivity contribution in [2.24, 2.45) is 0 Å². The van der Waals surface area contributed by atoms with Gasteiger partial charge in [-0.25, -0.2) is 4.67 Å². The summed E-state index contributed by atoms with van der Waals surface area (Å²) in [6, 6.07) is 10.0. The molecule has 0 amide bonds. The van der Waals surface area contributed by atoms with E-state index in [9.17, 15) is 4.57 Å². The summed E-state index contributed by atoms with van der Waals surface area (Å²) < 4.78 is 23.1. The third-order valence-corrected chi connectivity index (χ3v) is 14.5. The van der Waals surface area contributed by atoms with Gasteiger partial charge >= 0.3 is 7.67 Å². The van der Waals surface area contributed by atoms with E-state index in [4.69, 9.17) is 27.7 Å². The zero-order valence-corrected chi connectivity index (χ0v) is 25.0. The van der Waals surface area contributed by atoms with Crippen molar-refractivity contribution >= 4 is 121 Å². The van der Waals surface area contributed by atoms with Gasteiger partial charge in [-0.1, -0.05) is 30.3 Å². The zero-order valence-electron chi connectivity index (χ0n) is 13.9. The lowest BCUT2D eigenvalue weighted by molar-refractivity contribution is 0.142. The van der Waals surface area contributed by atoms with E-state index in [1.165, 1.54) is 0 Å². The monoisotopic (exact) mass is 868 g/mol. The number of hydrogen-bond donors (Lipinski definition) is 0. The van der Waals surface area contributed by atoms with Crippen LogP contribution in [-0.2, 0) is 9.09 Å². The maximum Gasteiger partial charge on any atom is 0.350 e. The quantitative estimate of drug-likeness (QED) is 0.124. The Morgan fingerprint density at radius 1 is 1.19 bits per heavy atom. The lowest BCUT2D eigenvalue weighted by Crippen LogP contribution is -2.53. The van der Waals surface area contributed by atoms with E-state index >= 15 is 0 Å². The van der Waals surface area contributed by atoms with Crippen LogP contribution in [0.4, 0.5) is 0 Å². The van der Waals surface area contributed by atoms with Crippen molar-refractivity contribution < 1.29 is 9.09 Å². The molecule has 1 aromatic rings. The molecule has 4 nitrogen and oxygen atoms in total. The molecule has 0 spiro atoms. The minimum Gasteiger partial charge on any atom is -0.306 e. The molecular weight excluding hydrogens is 850 g/mol. The SMILES string of the molecule is CC(c1ccccc1)N1CCCOP1(=O)N(C(I)(I)CCl)C(I)(I)CCl. The van der Waals surface area contributed by atoms with Crippen LogP contribution in [0.25, 0.3) is 0 Å². The van der Waals surface area contributed by atoms with E-state index in [2.05, 4.69) is 109 Å². The number of halogens is 6. The number of nitrogens with zero attached hydrogens (tertiary/aromatic N) is 2. The van der Waals surface area contributed by atoms with Gasteiger partial charge in [0.05, 0.1) is 18.4 Å². The molecule has 2 unspecified atom stereocenters. The van der Waals surface area contributed by atoms with Crippen LogP contribution in [0, 0.1) is 0 Å². The number of rotatable bonds is 7. The maximum atomic E-state index is 14.4. The minimum atomic E-state index is -3.36. The van der Waals surface area contributed by atoms with Gasteiger partial charge in [-0.15, -0.1) is 23.2 Å². The lowest BCUT2D eigenvalue weighted by Gasteiger charge is -2.51. The molecule has 0 radical (unpaired) electrons. The average molecular weight is 869 g/mol. The molecule has 0 bridgehead atoms. The van der Waals surface area contributed by atoms with Crippen LogP contribution in [0.3, 0.4) is 0 Å². The van der Waals surface area contributed by atoms with Crippen LogP contribution in [0.15, 0.2) is 30.3 Å². The van der Waals surface area contributed by atoms with Crippen LogP contribution in [0.2, 0.25) is 0 Å². The van der Waals surface area contributed by atoms with Gasteiger partial charge in [-0.3, -0.25) is 4.57 Å². The van der Waals surface area contributed by atoms with Gasteiger partial charge in [0.15, 0.2) is 0 Å². The Morgan fingerprint density at radius 2 is 1.73 bits per heavy atom. The van der Waals surface area contributed by atoms with Crippen molar-refractivity contribution in [3.8, 4) is 0 Å². The minimum absolute atomic E-state index is 0.0531. The summed E-state index contributed by atoms with van der Waals surface area (Å²) in [7, 11) is -3.36. The molecule has 0 aliphatic carbocycles. The van der Waals surface area contributed by atoms with Crippen molar-refractivity contribution in [1.29, 1.82) is 0 Å². The molecule has 1 fully saturated rings. The van der Waals surface area contributed by atoms with Crippen LogP contribution in [-0.4, -0.2) is 37.4 Å². The molecule has 148 valence electrons. The first-order valence-corrected chi connectivity index (χ1v) is 14.8. The molecule has 1 aromatic carbocycles. The second-order valence-corrected chi connectivity index (χ2v) is 19.8. The van der Waals surface area contributed by atoms with Gasteiger partial charge in [0.2, 0.25) is 0 Å². The molecule has 11 heteroatoms. The van der Waals surface area contributed by atoms with Gasteiger partial charge in [-0.05, 0) is 109 Å². The van der Waals surface area contributed by atoms with E-state index in [1.54, 1.807) is 0 Å². The predicted molar refractivity (Wildman–Crippen MR) is 145 cm³/mol. The van der Waals surface area contributed by atoms with Crippen molar-refractivity contribution in [2.45, 2.75) is 22.5 Å². The first kappa shape index (κ1) is 25.1. The third-order valence-electron chi connectivity index (χ3n) is 4.04. The molecule has 1 aliphatic rings. The fourth-order valence-corrected chi connectivity index (χ4v) is 12.7. The van der Waals surface area contributed by atoms with Crippen LogP contribution in [0.1, 0.15) is 24.9 Å². The molecular formula is C15H19Cl2I4N2O2P. The Morgan fingerprint density at radius 3 is 2.23 bits per heavy atom. The third kappa shape index (κ3) is 5.54. The lowest BCUT2D eigenvalue weighted by atomic mass is 10.1. The summed E-state index contributed by atoms with van der Waals surface area (Å²) >= 11 is 21.5. The molecule has 26 heavy (non-hydrogen) atoms. The largest absolute Gasteiger partial charge is 0.350 e. The Labute approximate surface area is 219 Å². The normalized spacial score (nSPS) is 24.0. The number of benzene rings is 1. The van der Waals surface area contributed by atoms with Crippen molar-refractivity contribution in [2.75, 3.05) is 24.9 Å². The summed E-state index contributed by atoms with van der Waals surface area (Å²) in [5.74, 6) is 0.583. The summed E-state index contributed by atoms with van der Waals surface area (Å²) in [5, 5.41) is 0. The van der Waals surface area contributed by atoms with Crippen LogP contribution < -0.4 is 0 Å². The molecule has 0 saturated carbocycles. The summed E-state index contributed by atoms with van der Waals surface area (Å²) in [5.41, 5.74) is 1.11. The zero-order chi connectivity index (χ0) is 19.6. The maximum absolute atomic E-state index is 14.4. The highest BCUT2D eigenvalue weighted by molar-refractivity contribution is 14.2. The van der Waals surface area contributed by atoms with Crippen LogP contribution >= 0.6 is 121 Å². The molecule has 1 aliphatic heterocycles. The van der Waals surface area contributed by atoms with Gasteiger partial charge in [0.1, 0.15) is 3.10 Å². The standard InChI is InChI=1S/C15H19Cl2I4N2O2P/c1-12(13-6-3-2-4-7-13)22-8-5-9-25-26(22,24)23(14(18,19)10-16)15(20,21)11-17/h2-4,6-7,12H,5,8-11H2,1H3. The predicted octanol–water partition coefficient (Wildman–Crippen LogP) is 7.41. The van der Waals surface area contributed by atoms with E-state index < -0.39 is 10.8 Å². The molecule has 0 N–H and O–H groups in total. The summed E-state index contributed by atoms with van der Waals surface area (Å²) in [6.45, 7) is 3.23. The molecule has 2 rings (SSSR count). The fourth-order valence-electron chi connectivity index (χ4n) is 2.82. The van der Waals surface area contributed by atoms with Crippen molar-refractivity contribution in [3.63, 3.8) is 0 Å². The Bertz CT molecular complexity index is 638. The molecule has 1 saturated heterocycles. The Kier molecular flexibility index (Phi) is 10.1. The van der Waals surface area contributed by atoms with Gasteiger partial charge in [-0.2, -0.15) is 4.67 Å². The summed E-state index contributed by atoms with van der Waals surface area (Å²) in [6.07, 6.45) is 0.835. The second-order valence-electron chi connectivity index (χ2n) is 5.84. The topological polar surface area (TPSA) is 32.8 Å². The first-order valence-electron chi connectivity index (χ1n) is 7.85. The van der Waals surface area contributed by atoms with E-state index in [1.807, 2.05) is 27.5 Å². The fraction of sp³-hybridized carbons (Fsp3) is 0.600. The number of hydrogen-bond acceptors (Lipinski definition) is 2. The number of alkyl halides is 6. The van der Waals surface area contributed by atoms with E-state index in [-0.39, 0.29) is 6.04 Å².